The molecular formula is C20H25N7. The second-order valence-electron chi connectivity index (χ2n) is 6.96. The first-order valence-corrected chi connectivity index (χ1v) is 9.39. The highest BCUT2D eigenvalue weighted by atomic mass is 15.3. The summed E-state index contributed by atoms with van der Waals surface area (Å²) in [6.07, 6.45) is 7.77. The monoisotopic (exact) mass is 363 g/mol. The molecule has 3 aromatic rings. The van der Waals surface area contributed by atoms with E-state index in [9.17, 15) is 0 Å². The van der Waals surface area contributed by atoms with Crippen LogP contribution in [-0.4, -0.2) is 46.4 Å². The van der Waals surface area contributed by atoms with Crippen molar-refractivity contribution in [3.63, 3.8) is 0 Å². The fraction of sp³-hybridized carbons (Fsp3) is 0.350. The number of nitrogens with one attached hydrogen (secondary N) is 2. The second kappa shape index (κ2) is 8.18. The van der Waals surface area contributed by atoms with Gasteiger partial charge in [0.1, 0.15) is 18.0 Å². The van der Waals surface area contributed by atoms with E-state index >= 15 is 0 Å². The van der Waals surface area contributed by atoms with E-state index in [0.29, 0.717) is 0 Å². The third-order valence-corrected chi connectivity index (χ3v) is 4.94. The van der Waals surface area contributed by atoms with Crippen molar-refractivity contribution in [1.29, 1.82) is 0 Å². The van der Waals surface area contributed by atoms with E-state index < -0.39 is 0 Å². The molecule has 2 aromatic heterocycles. The molecular weight excluding hydrogens is 338 g/mol. The number of anilines is 3. The topological polar surface area (TPSA) is 70.9 Å². The van der Waals surface area contributed by atoms with Crippen LogP contribution in [0.2, 0.25) is 0 Å². The molecule has 0 aliphatic carbocycles. The molecule has 0 radical (unpaired) electrons. The van der Waals surface area contributed by atoms with E-state index in [-0.39, 0.29) is 0 Å². The van der Waals surface area contributed by atoms with Crippen LogP contribution >= 0.6 is 0 Å². The molecule has 3 heterocycles. The summed E-state index contributed by atoms with van der Waals surface area (Å²) in [7, 11) is 2.10. The molecule has 7 heteroatoms. The SMILES string of the molecule is CN(CC1CCNCC1)c1cc(Nc2ccc(-n3cccn3)cc2)ncn1. The number of nitrogens with zero attached hydrogens (tertiary/aromatic N) is 5. The Bertz CT molecular complexity index is 839. The molecule has 4 rings (SSSR count). The predicted molar refractivity (Wildman–Crippen MR) is 108 cm³/mol. The van der Waals surface area contributed by atoms with Crippen molar-refractivity contribution in [1.82, 2.24) is 25.1 Å². The van der Waals surface area contributed by atoms with Gasteiger partial charge >= 0.3 is 0 Å². The minimum absolute atomic E-state index is 0.720. The van der Waals surface area contributed by atoms with Crippen LogP contribution in [0.4, 0.5) is 17.3 Å². The first-order valence-electron chi connectivity index (χ1n) is 9.39. The number of piperidine rings is 1. The maximum atomic E-state index is 4.44. The molecule has 0 atom stereocenters. The van der Waals surface area contributed by atoms with Crippen molar-refractivity contribution in [2.24, 2.45) is 5.92 Å². The van der Waals surface area contributed by atoms with E-state index in [0.717, 1.165) is 48.6 Å². The number of benzene rings is 1. The van der Waals surface area contributed by atoms with Crippen LogP contribution < -0.4 is 15.5 Å². The van der Waals surface area contributed by atoms with Crippen LogP contribution in [0.15, 0.2) is 55.1 Å². The summed E-state index contributed by atoms with van der Waals surface area (Å²) in [6.45, 7) is 3.25. The Morgan fingerprint density at radius 1 is 1.19 bits per heavy atom. The Hall–Kier alpha value is -2.93. The van der Waals surface area contributed by atoms with Gasteiger partial charge < -0.3 is 15.5 Å². The highest BCUT2D eigenvalue weighted by molar-refractivity contribution is 5.60. The van der Waals surface area contributed by atoms with Gasteiger partial charge in [0.15, 0.2) is 0 Å². The molecule has 1 fully saturated rings. The predicted octanol–water partition coefficient (Wildman–Crippen LogP) is 2.84. The number of rotatable bonds is 6. The molecule has 140 valence electrons. The zero-order valence-corrected chi connectivity index (χ0v) is 15.5. The number of aromatic nitrogens is 4. The van der Waals surface area contributed by atoms with Gasteiger partial charge in [-0.1, -0.05) is 0 Å². The summed E-state index contributed by atoms with van der Waals surface area (Å²) < 4.78 is 1.84. The van der Waals surface area contributed by atoms with Crippen molar-refractivity contribution in [2.75, 3.05) is 36.9 Å². The lowest BCUT2D eigenvalue weighted by atomic mass is 9.98. The average Bonchev–Trinajstić information content (AvgIpc) is 3.24. The van der Waals surface area contributed by atoms with Crippen molar-refractivity contribution >= 4 is 17.3 Å². The van der Waals surface area contributed by atoms with Gasteiger partial charge in [0.2, 0.25) is 0 Å². The first kappa shape index (κ1) is 17.5. The van der Waals surface area contributed by atoms with Crippen molar-refractivity contribution in [2.45, 2.75) is 12.8 Å². The normalized spacial score (nSPS) is 14.9. The smallest absolute Gasteiger partial charge is 0.135 e. The summed E-state index contributed by atoms with van der Waals surface area (Å²) >= 11 is 0. The van der Waals surface area contributed by atoms with Gasteiger partial charge in [0.25, 0.3) is 0 Å². The lowest BCUT2D eigenvalue weighted by Gasteiger charge is -2.28. The van der Waals surface area contributed by atoms with Gasteiger partial charge in [-0.15, -0.1) is 0 Å². The third kappa shape index (κ3) is 4.43. The highest BCUT2D eigenvalue weighted by Crippen LogP contribution is 2.21. The van der Waals surface area contributed by atoms with Gasteiger partial charge in [0.05, 0.1) is 5.69 Å². The summed E-state index contributed by atoms with van der Waals surface area (Å²) in [6, 6.07) is 12.0. The zero-order chi connectivity index (χ0) is 18.5. The number of hydrogen-bond donors (Lipinski definition) is 2. The molecule has 0 spiro atoms. The van der Waals surface area contributed by atoms with Gasteiger partial charge in [-0.25, -0.2) is 14.6 Å². The minimum Gasteiger partial charge on any atom is -0.359 e. The molecule has 1 aromatic carbocycles. The lowest BCUT2D eigenvalue weighted by Crippen LogP contribution is -2.34. The molecule has 1 aliphatic heterocycles. The molecule has 2 N–H and O–H groups in total. The summed E-state index contributed by atoms with van der Waals surface area (Å²) in [5.41, 5.74) is 2.01. The van der Waals surface area contributed by atoms with E-state index in [2.05, 4.69) is 37.6 Å². The maximum absolute atomic E-state index is 4.44. The van der Waals surface area contributed by atoms with Crippen LogP contribution in [-0.2, 0) is 0 Å². The second-order valence-corrected chi connectivity index (χ2v) is 6.96. The molecule has 0 unspecified atom stereocenters. The van der Waals surface area contributed by atoms with Gasteiger partial charge in [-0.2, -0.15) is 5.10 Å². The van der Waals surface area contributed by atoms with Crippen molar-refractivity contribution in [3.8, 4) is 5.69 Å². The van der Waals surface area contributed by atoms with E-state index in [4.69, 9.17) is 0 Å². The van der Waals surface area contributed by atoms with Crippen LogP contribution in [0.3, 0.4) is 0 Å². The van der Waals surface area contributed by atoms with E-state index in [1.165, 1.54) is 12.8 Å². The molecule has 27 heavy (non-hydrogen) atoms. The Kier molecular flexibility index (Phi) is 5.29. The molecule has 1 aliphatic rings. The Morgan fingerprint density at radius 3 is 2.74 bits per heavy atom. The quantitative estimate of drug-likeness (QED) is 0.702. The summed E-state index contributed by atoms with van der Waals surface area (Å²) in [4.78, 5) is 11.0. The Balaban J connectivity index is 1.41. The largest absolute Gasteiger partial charge is 0.359 e. The fourth-order valence-corrected chi connectivity index (χ4v) is 3.44. The van der Waals surface area contributed by atoms with Gasteiger partial charge in [-0.05, 0) is 62.2 Å². The standard InChI is InChI=1S/C20H25N7/c1-26(14-16-7-10-21-11-8-16)20-13-19(22-15-23-20)25-17-3-5-18(6-4-17)27-12-2-9-24-27/h2-6,9,12-13,15-16,21H,7-8,10-11,14H2,1H3,(H,22,23,25). The highest BCUT2D eigenvalue weighted by Gasteiger charge is 2.16. The molecule has 0 amide bonds. The third-order valence-electron chi connectivity index (χ3n) is 4.94. The number of hydrogen-bond acceptors (Lipinski definition) is 6. The molecule has 0 saturated carbocycles. The Morgan fingerprint density at radius 2 is 2.00 bits per heavy atom. The van der Waals surface area contributed by atoms with E-state index in [1.807, 2.05) is 47.3 Å². The molecule has 7 nitrogen and oxygen atoms in total. The van der Waals surface area contributed by atoms with Crippen LogP contribution in [0.1, 0.15) is 12.8 Å². The summed E-state index contributed by atoms with van der Waals surface area (Å²) in [5.74, 6) is 2.46. The minimum atomic E-state index is 0.720. The van der Waals surface area contributed by atoms with E-state index in [1.54, 1.807) is 12.5 Å². The fourth-order valence-electron chi connectivity index (χ4n) is 3.44. The Labute approximate surface area is 159 Å². The van der Waals surface area contributed by atoms with Crippen LogP contribution in [0.25, 0.3) is 5.69 Å². The van der Waals surface area contributed by atoms with Gasteiger partial charge in [0, 0.05) is 37.7 Å². The zero-order valence-electron chi connectivity index (χ0n) is 15.5. The van der Waals surface area contributed by atoms with Crippen molar-refractivity contribution < 1.29 is 0 Å². The molecule has 0 bridgehead atoms. The van der Waals surface area contributed by atoms with Crippen LogP contribution in [0.5, 0.6) is 0 Å². The first-order chi connectivity index (χ1) is 13.3. The lowest BCUT2D eigenvalue weighted by molar-refractivity contribution is 0.377. The van der Waals surface area contributed by atoms with Crippen molar-refractivity contribution in [3.05, 3.63) is 55.1 Å². The average molecular weight is 363 g/mol. The van der Waals surface area contributed by atoms with Crippen LogP contribution in [0, 0.1) is 5.92 Å². The summed E-state index contributed by atoms with van der Waals surface area (Å²) in [5, 5.41) is 11.0. The molecule has 1 saturated heterocycles. The van der Waals surface area contributed by atoms with Gasteiger partial charge in [-0.3, -0.25) is 0 Å². The maximum Gasteiger partial charge on any atom is 0.135 e.